The van der Waals surface area contributed by atoms with E-state index in [2.05, 4.69) is 10.3 Å². The highest BCUT2D eigenvalue weighted by Gasteiger charge is 2.33. The second kappa shape index (κ2) is 5.18. The molecule has 0 atom stereocenters. The summed E-state index contributed by atoms with van der Waals surface area (Å²) in [5, 5.41) is 2.27. The highest BCUT2D eigenvalue weighted by atomic mass is 19.4. The molecular formula is C15H9F3N2O2. The lowest BCUT2D eigenvalue weighted by Crippen LogP contribution is -2.16. The van der Waals surface area contributed by atoms with Gasteiger partial charge in [-0.05, 0) is 30.3 Å². The van der Waals surface area contributed by atoms with Gasteiger partial charge in [0.05, 0.1) is 11.3 Å². The van der Waals surface area contributed by atoms with Crippen LogP contribution in [-0.4, -0.2) is 10.9 Å². The molecule has 22 heavy (non-hydrogen) atoms. The molecule has 0 radical (unpaired) electrons. The molecule has 1 aromatic heterocycles. The second-order valence-electron chi connectivity index (χ2n) is 4.53. The third kappa shape index (κ3) is 2.65. The molecule has 0 saturated carbocycles. The van der Waals surface area contributed by atoms with Crippen LogP contribution in [0.5, 0.6) is 0 Å². The molecule has 0 unspecified atom stereocenters. The number of fused-ring (bicyclic) bond motifs is 1. The maximum absolute atomic E-state index is 12.9. The maximum atomic E-state index is 12.9. The Balaban J connectivity index is 1.91. The summed E-state index contributed by atoms with van der Waals surface area (Å²) in [6.45, 7) is 0. The number of benzene rings is 2. The van der Waals surface area contributed by atoms with Gasteiger partial charge in [0.15, 0.2) is 12.0 Å². The minimum absolute atomic E-state index is 0.182. The molecule has 3 rings (SSSR count). The van der Waals surface area contributed by atoms with E-state index in [1.807, 2.05) is 0 Å². The predicted molar refractivity (Wildman–Crippen MR) is 73.4 cm³/mol. The Bertz CT molecular complexity index is 840. The fourth-order valence-electron chi connectivity index (χ4n) is 2.03. The zero-order valence-corrected chi connectivity index (χ0v) is 11.0. The summed E-state index contributed by atoms with van der Waals surface area (Å²) < 4.78 is 43.7. The van der Waals surface area contributed by atoms with Crippen LogP contribution < -0.4 is 5.32 Å². The van der Waals surface area contributed by atoms with Crippen LogP contribution in [-0.2, 0) is 6.18 Å². The van der Waals surface area contributed by atoms with E-state index in [-0.39, 0.29) is 11.3 Å². The quantitative estimate of drug-likeness (QED) is 0.775. The fraction of sp³-hybridized carbons (Fsp3) is 0.0667. The Kier molecular flexibility index (Phi) is 3.32. The maximum Gasteiger partial charge on any atom is 0.418 e. The van der Waals surface area contributed by atoms with Crippen molar-refractivity contribution in [1.29, 1.82) is 0 Å². The molecule has 4 nitrogen and oxygen atoms in total. The first kappa shape index (κ1) is 14.1. The van der Waals surface area contributed by atoms with Gasteiger partial charge in [-0.2, -0.15) is 13.2 Å². The first-order chi connectivity index (χ1) is 10.4. The van der Waals surface area contributed by atoms with Crippen LogP contribution >= 0.6 is 0 Å². The van der Waals surface area contributed by atoms with Gasteiger partial charge >= 0.3 is 6.18 Å². The number of alkyl halides is 3. The lowest BCUT2D eigenvalue weighted by molar-refractivity contribution is -0.136. The lowest BCUT2D eigenvalue weighted by atomic mass is 10.1. The van der Waals surface area contributed by atoms with E-state index in [4.69, 9.17) is 4.42 Å². The van der Waals surface area contributed by atoms with E-state index < -0.39 is 17.6 Å². The van der Waals surface area contributed by atoms with E-state index in [1.165, 1.54) is 36.7 Å². The highest BCUT2D eigenvalue weighted by molar-refractivity contribution is 6.06. The largest absolute Gasteiger partial charge is 0.443 e. The van der Waals surface area contributed by atoms with Gasteiger partial charge in [0.1, 0.15) is 5.52 Å². The number of aromatic nitrogens is 1. The molecule has 7 heteroatoms. The average molecular weight is 306 g/mol. The molecule has 0 aliphatic rings. The molecule has 0 spiro atoms. The van der Waals surface area contributed by atoms with Crippen molar-refractivity contribution >= 4 is 22.7 Å². The molecule has 1 N–H and O–H groups in total. The van der Waals surface area contributed by atoms with E-state index >= 15 is 0 Å². The van der Waals surface area contributed by atoms with Crippen LogP contribution in [0.15, 0.2) is 53.3 Å². The number of nitrogens with zero attached hydrogens (tertiary/aromatic N) is 1. The van der Waals surface area contributed by atoms with Crippen LogP contribution in [0.3, 0.4) is 0 Å². The van der Waals surface area contributed by atoms with Crippen LogP contribution in [0.4, 0.5) is 18.9 Å². The molecule has 2 aromatic carbocycles. The van der Waals surface area contributed by atoms with Crippen molar-refractivity contribution in [1.82, 2.24) is 4.98 Å². The monoisotopic (exact) mass is 306 g/mol. The van der Waals surface area contributed by atoms with Crippen molar-refractivity contribution in [2.45, 2.75) is 6.18 Å². The van der Waals surface area contributed by atoms with Gasteiger partial charge < -0.3 is 9.73 Å². The van der Waals surface area contributed by atoms with Crippen molar-refractivity contribution in [2.24, 2.45) is 0 Å². The number of hydrogen-bond acceptors (Lipinski definition) is 3. The van der Waals surface area contributed by atoms with E-state index in [1.54, 1.807) is 6.07 Å². The van der Waals surface area contributed by atoms with Gasteiger partial charge in [0.2, 0.25) is 0 Å². The van der Waals surface area contributed by atoms with E-state index in [0.29, 0.717) is 11.1 Å². The normalized spacial score (nSPS) is 11.6. The Morgan fingerprint density at radius 3 is 2.68 bits per heavy atom. The average Bonchev–Trinajstić information content (AvgIpc) is 2.94. The number of oxazole rings is 1. The Labute approximate surface area is 122 Å². The number of para-hydroxylation sites is 1. The summed E-state index contributed by atoms with van der Waals surface area (Å²) in [6.07, 6.45) is -3.32. The lowest BCUT2D eigenvalue weighted by Gasteiger charge is -2.13. The Morgan fingerprint density at radius 2 is 1.91 bits per heavy atom. The number of carbonyl (C=O) groups excluding carboxylic acids is 1. The van der Waals surface area contributed by atoms with Gasteiger partial charge in [0, 0.05) is 5.56 Å². The first-order valence-corrected chi connectivity index (χ1v) is 6.26. The molecule has 112 valence electrons. The highest BCUT2D eigenvalue weighted by Crippen LogP contribution is 2.34. The van der Waals surface area contributed by atoms with Crippen molar-refractivity contribution in [3.63, 3.8) is 0 Å². The van der Waals surface area contributed by atoms with Crippen LogP contribution in [0.1, 0.15) is 15.9 Å². The van der Waals surface area contributed by atoms with Gasteiger partial charge in [-0.1, -0.05) is 12.1 Å². The summed E-state index contributed by atoms with van der Waals surface area (Å²) in [4.78, 5) is 16.0. The van der Waals surface area contributed by atoms with Gasteiger partial charge in [-0.15, -0.1) is 0 Å². The third-order valence-electron chi connectivity index (χ3n) is 3.07. The summed E-state index contributed by atoms with van der Waals surface area (Å²) in [5.74, 6) is -0.657. The van der Waals surface area contributed by atoms with E-state index in [9.17, 15) is 18.0 Å². The zero-order valence-electron chi connectivity index (χ0n) is 11.0. The van der Waals surface area contributed by atoms with Crippen molar-refractivity contribution in [3.8, 4) is 0 Å². The van der Waals surface area contributed by atoms with Crippen LogP contribution in [0.2, 0.25) is 0 Å². The number of anilines is 1. The number of amides is 1. The molecule has 0 aliphatic carbocycles. The SMILES string of the molecule is O=C(Nc1ccccc1C(F)(F)F)c1ccc2ncoc2c1. The van der Waals surface area contributed by atoms with Gasteiger partial charge in [-0.3, -0.25) is 4.79 Å². The van der Waals surface area contributed by atoms with Crippen molar-refractivity contribution < 1.29 is 22.4 Å². The summed E-state index contributed by atoms with van der Waals surface area (Å²) in [5.41, 5.74) is -0.0630. The topological polar surface area (TPSA) is 55.1 Å². The zero-order chi connectivity index (χ0) is 15.7. The van der Waals surface area contributed by atoms with Crippen molar-refractivity contribution in [2.75, 3.05) is 5.32 Å². The molecular weight excluding hydrogens is 297 g/mol. The molecule has 1 heterocycles. The summed E-state index contributed by atoms with van der Waals surface area (Å²) in [7, 11) is 0. The third-order valence-corrected chi connectivity index (χ3v) is 3.07. The molecule has 0 saturated heterocycles. The molecule has 0 fully saturated rings. The molecule has 0 aliphatic heterocycles. The predicted octanol–water partition coefficient (Wildman–Crippen LogP) is 4.10. The van der Waals surface area contributed by atoms with Gasteiger partial charge in [0.25, 0.3) is 5.91 Å². The number of rotatable bonds is 2. The first-order valence-electron chi connectivity index (χ1n) is 6.26. The minimum atomic E-state index is -4.54. The number of nitrogens with one attached hydrogen (secondary N) is 1. The summed E-state index contributed by atoms with van der Waals surface area (Å²) >= 11 is 0. The number of hydrogen-bond donors (Lipinski definition) is 1. The molecule has 1 amide bonds. The number of carbonyl (C=O) groups is 1. The van der Waals surface area contributed by atoms with Crippen LogP contribution in [0.25, 0.3) is 11.1 Å². The van der Waals surface area contributed by atoms with Crippen LogP contribution in [0, 0.1) is 0 Å². The standard InChI is InChI=1S/C15H9F3N2O2/c16-15(17,18)10-3-1-2-4-11(10)20-14(21)9-5-6-12-13(7-9)22-8-19-12/h1-8H,(H,20,21). The molecule has 3 aromatic rings. The fourth-order valence-corrected chi connectivity index (χ4v) is 2.03. The second-order valence-corrected chi connectivity index (χ2v) is 4.53. The minimum Gasteiger partial charge on any atom is -0.443 e. The van der Waals surface area contributed by atoms with Crippen molar-refractivity contribution in [3.05, 3.63) is 60.0 Å². The molecule has 0 bridgehead atoms. The smallest absolute Gasteiger partial charge is 0.418 e. The Morgan fingerprint density at radius 1 is 1.14 bits per heavy atom. The summed E-state index contributed by atoms with van der Waals surface area (Å²) in [6, 6.07) is 9.25. The Hall–Kier alpha value is -2.83. The number of halogens is 3. The van der Waals surface area contributed by atoms with E-state index in [0.717, 1.165) is 6.07 Å². The van der Waals surface area contributed by atoms with Gasteiger partial charge in [-0.25, -0.2) is 4.98 Å².